The molecule has 0 bridgehead atoms. The van der Waals surface area contributed by atoms with Gasteiger partial charge in [-0.05, 0) is 0 Å². The van der Waals surface area contributed by atoms with Crippen LogP contribution in [0.15, 0.2) is 0 Å². The van der Waals surface area contributed by atoms with Gasteiger partial charge in [-0.1, -0.05) is 0 Å². The Labute approximate surface area is 27.1 Å². The Kier molecular flexibility index (Phi) is 1.67. The molecule has 0 aromatic rings. The van der Waals surface area contributed by atoms with E-state index in [0.29, 0.717) is 0 Å². The summed E-state index contributed by atoms with van der Waals surface area (Å²) in [5.41, 5.74) is 0. The van der Waals surface area contributed by atoms with Crippen LogP contribution < -0.4 is 0 Å². The molecule has 0 spiro atoms. The predicted octanol–water partition coefficient (Wildman–Crippen LogP) is -0.398. The van der Waals surface area contributed by atoms with Crippen LogP contribution in [0, 0.1) is 0 Å². The molecule has 0 heterocycles. The average molecular weight is 58.9 g/mol. The molecule has 0 rings (SSSR count). The highest BCUT2D eigenvalue weighted by Gasteiger charge is 1.55. The largest absolute Gasteiger partial charge is 0.253 e. The summed E-state index contributed by atoms with van der Waals surface area (Å²) in [6.45, 7) is -1.31. The van der Waals surface area contributed by atoms with Crippen LogP contribution in [0.3, 0.4) is 0 Å². The standard InChI is InChI=1S/CH3BO2/c2-1-4-3/h3H,1H2/i1D. The summed E-state index contributed by atoms with van der Waals surface area (Å²) in [5.74, 6) is 0. The molecule has 0 aliphatic heterocycles. The highest BCUT2D eigenvalue weighted by atomic mass is 17.1. The molecule has 3 heteroatoms. The van der Waals surface area contributed by atoms with Crippen molar-refractivity contribution in [3.05, 3.63) is 0 Å². The van der Waals surface area contributed by atoms with E-state index < -0.39 is 6.48 Å². The summed E-state index contributed by atoms with van der Waals surface area (Å²) in [6.07, 6.45) is 0. The van der Waals surface area contributed by atoms with E-state index in [1.54, 1.807) is 0 Å². The first-order chi connectivity index (χ1) is 2.27. The fourth-order valence-corrected chi connectivity index (χ4v) is 0. The summed E-state index contributed by atoms with van der Waals surface area (Å²) in [4.78, 5) is 3.19. The van der Waals surface area contributed by atoms with Gasteiger partial charge in [-0.15, -0.1) is 0 Å². The van der Waals surface area contributed by atoms with Crippen LogP contribution in [0.1, 0.15) is 1.37 Å². The lowest BCUT2D eigenvalue weighted by Gasteiger charge is -1.73. The number of rotatable bonds is 1. The predicted molar refractivity (Wildman–Crippen MR) is 14.3 cm³/mol. The lowest BCUT2D eigenvalue weighted by Crippen LogP contribution is -1.82. The Morgan fingerprint density at radius 1 is 2.50 bits per heavy atom. The van der Waals surface area contributed by atoms with Crippen molar-refractivity contribution in [3.8, 4) is 0 Å². The first-order valence-electron chi connectivity index (χ1n) is 1.33. The highest BCUT2D eigenvalue weighted by Crippen LogP contribution is 1.43. The molecule has 0 aliphatic rings. The second kappa shape index (κ2) is 2.98. The summed E-state index contributed by atoms with van der Waals surface area (Å²) >= 11 is 0. The molecule has 0 saturated heterocycles. The molecule has 0 aliphatic carbocycles. The minimum absolute atomic E-state index is 1.31. The summed E-state index contributed by atoms with van der Waals surface area (Å²) < 4.78 is 6.13. The normalized spacial score (nSPS) is 18.8. The highest BCUT2D eigenvalue weighted by molar-refractivity contribution is 6.08. The van der Waals surface area contributed by atoms with Gasteiger partial charge in [0.2, 0.25) is 0 Å². The Balaban J connectivity index is 2.54. The SMILES string of the molecule is [2H]C([B])OO. The van der Waals surface area contributed by atoms with E-state index in [-0.39, 0.29) is 0 Å². The zero-order valence-electron chi connectivity index (χ0n) is 3.01. The van der Waals surface area contributed by atoms with E-state index in [0.717, 1.165) is 0 Å². The third-order valence-electron chi connectivity index (χ3n) is 0.0609. The maximum atomic E-state index is 7.33. The van der Waals surface area contributed by atoms with Gasteiger partial charge < -0.3 is 0 Å². The van der Waals surface area contributed by atoms with Crippen LogP contribution in [0.4, 0.5) is 0 Å². The van der Waals surface area contributed by atoms with Gasteiger partial charge in [0.25, 0.3) is 0 Å². The van der Waals surface area contributed by atoms with E-state index in [1.807, 2.05) is 0 Å². The maximum absolute atomic E-state index is 7.33. The molecule has 0 amide bonds. The topological polar surface area (TPSA) is 29.5 Å². The van der Waals surface area contributed by atoms with Crippen molar-refractivity contribution in [1.82, 2.24) is 0 Å². The molecule has 2 nitrogen and oxygen atoms in total. The zero-order valence-corrected chi connectivity index (χ0v) is 2.01. The van der Waals surface area contributed by atoms with Crippen molar-refractivity contribution >= 4 is 7.85 Å². The Bertz CT molecular complexity index is 23.6. The molecule has 0 aromatic carbocycles. The van der Waals surface area contributed by atoms with Gasteiger partial charge in [-0.3, -0.25) is 5.26 Å². The number of hydrogen-bond donors (Lipinski definition) is 1. The van der Waals surface area contributed by atoms with Gasteiger partial charge >= 0.3 is 0 Å². The van der Waals surface area contributed by atoms with Crippen molar-refractivity contribution in [3.63, 3.8) is 0 Å². The first kappa shape index (κ1) is 2.24. The smallest absolute Gasteiger partial charge is 0.108 e. The third kappa shape index (κ3) is 1.98. The lowest BCUT2D eigenvalue weighted by atomic mass is 10.2. The average Bonchev–Trinajstić information content (AvgIpc) is 1.38. The Morgan fingerprint density at radius 3 is 2.75 bits per heavy atom. The summed E-state index contributed by atoms with van der Waals surface area (Å²) in [6, 6.07) is 0. The van der Waals surface area contributed by atoms with Crippen molar-refractivity contribution in [2.24, 2.45) is 0 Å². The van der Waals surface area contributed by atoms with Crippen molar-refractivity contribution in [2.75, 3.05) is 6.48 Å². The fraction of sp³-hybridized carbons (Fsp3) is 1.00. The van der Waals surface area contributed by atoms with Crippen LogP contribution >= 0.6 is 0 Å². The van der Waals surface area contributed by atoms with E-state index >= 15 is 0 Å². The Morgan fingerprint density at radius 2 is 2.75 bits per heavy atom. The van der Waals surface area contributed by atoms with Crippen LogP contribution in [-0.4, -0.2) is 19.6 Å². The van der Waals surface area contributed by atoms with Gasteiger partial charge in [-0.25, -0.2) is 4.89 Å². The minimum atomic E-state index is -1.31. The van der Waals surface area contributed by atoms with E-state index in [2.05, 4.69) is 12.7 Å². The van der Waals surface area contributed by atoms with Gasteiger partial charge in [0, 0.05) is 7.85 Å². The maximum Gasteiger partial charge on any atom is 0.108 e. The monoisotopic (exact) mass is 59.0 g/mol. The molecule has 1 atom stereocenters. The van der Waals surface area contributed by atoms with Crippen molar-refractivity contribution < 1.29 is 11.5 Å². The fourth-order valence-electron chi connectivity index (χ4n) is 0. The molecular weight excluding hydrogens is 54.8 g/mol. The molecule has 0 saturated carbocycles. The van der Waals surface area contributed by atoms with Gasteiger partial charge in [-0.2, -0.15) is 0 Å². The molecule has 22 valence electrons. The van der Waals surface area contributed by atoms with Crippen LogP contribution in [-0.2, 0) is 4.89 Å². The third-order valence-corrected chi connectivity index (χ3v) is 0.0609. The Hall–Kier alpha value is -0.0151. The van der Waals surface area contributed by atoms with Gasteiger partial charge in [0.15, 0.2) is 0 Å². The molecule has 0 fully saturated rings. The van der Waals surface area contributed by atoms with E-state index in [4.69, 9.17) is 6.63 Å². The summed E-state index contributed by atoms with van der Waals surface area (Å²) in [7, 11) is 4.49. The molecule has 4 heavy (non-hydrogen) atoms. The van der Waals surface area contributed by atoms with E-state index in [9.17, 15) is 0 Å². The van der Waals surface area contributed by atoms with E-state index in [1.165, 1.54) is 0 Å². The second-order valence-corrected chi connectivity index (χ2v) is 0.241. The first-order valence-corrected chi connectivity index (χ1v) is 0.752. The van der Waals surface area contributed by atoms with Crippen molar-refractivity contribution in [2.45, 2.75) is 0 Å². The number of hydrogen-bond acceptors (Lipinski definition) is 2. The zero-order chi connectivity index (χ0) is 4.28. The van der Waals surface area contributed by atoms with Gasteiger partial charge in [0.05, 0.1) is 0 Å². The van der Waals surface area contributed by atoms with Gasteiger partial charge in [0.1, 0.15) is 7.85 Å². The second-order valence-electron chi connectivity index (χ2n) is 0.241. The molecule has 1 unspecified atom stereocenters. The van der Waals surface area contributed by atoms with Crippen LogP contribution in [0.25, 0.3) is 0 Å². The molecular formula is CH3BO2. The molecule has 0 aromatic heterocycles. The summed E-state index contributed by atoms with van der Waals surface area (Å²) in [5, 5.41) is 7.33. The van der Waals surface area contributed by atoms with Crippen LogP contribution in [0.5, 0.6) is 0 Å². The molecule has 2 radical (unpaired) electrons. The quantitative estimate of drug-likeness (QED) is 0.253. The minimum Gasteiger partial charge on any atom is -0.253 e. The van der Waals surface area contributed by atoms with Crippen LogP contribution in [0.2, 0.25) is 0 Å². The molecule has 1 N–H and O–H groups in total. The lowest BCUT2D eigenvalue weighted by molar-refractivity contribution is -0.224. The van der Waals surface area contributed by atoms with Crippen molar-refractivity contribution in [1.29, 1.82) is 0 Å².